The Kier molecular flexibility index (Phi) is 5.15. The van der Waals surface area contributed by atoms with Gasteiger partial charge in [0.1, 0.15) is 17.3 Å². The summed E-state index contributed by atoms with van der Waals surface area (Å²) in [5.74, 6) is -0.132. The highest BCUT2D eigenvalue weighted by Crippen LogP contribution is 2.31. The largest absolute Gasteiger partial charge is 0.417 e. The van der Waals surface area contributed by atoms with Crippen LogP contribution >= 0.6 is 0 Å². The molecule has 0 radical (unpaired) electrons. The summed E-state index contributed by atoms with van der Waals surface area (Å²) < 4.78 is 51.2. The number of halogens is 4. The van der Waals surface area contributed by atoms with Gasteiger partial charge in [0.2, 0.25) is 0 Å². The van der Waals surface area contributed by atoms with Gasteiger partial charge >= 0.3 is 6.18 Å². The van der Waals surface area contributed by atoms with Crippen molar-refractivity contribution in [2.24, 2.45) is 0 Å². The highest BCUT2D eigenvalue weighted by Gasteiger charge is 2.31. The molecule has 1 aromatic carbocycles. The Labute approximate surface area is 152 Å². The number of hydrogen-bond acceptors (Lipinski definition) is 5. The highest BCUT2D eigenvalue weighted by atomic mass is 19.4. The lowest BCUT2D eigenvalue weighted by Crippen LogP contribution is -2.39. The molecule has 0 unspecified atom stereocenters. The van der Waals surface area contributed by atoms with Crippen LogP contribution in [0.2, 0.25) is 0 Å². The number of alkyl halides is 3. The van der Waals surface area contributed by atoms with Gasteiger partial charge in [0.15, 0.2) is 0 Å². The number of nitro benzene ring substituents is 1. The zero-order valence-corrected chi connectivity index (χ0v) is 14.0. The van der Waals surface area contributed by atoms with Gasteiger partial charge in [0.05, 0.1) is 10.5 Å². The summed E-state index contributed by atoms with van der Waals surface area (Å²) in [6.45, 7) is 1.03. The van der Waals surface area contributed by atoms with Crippen molar-refractivity contribution in [1.29, 1.82) is 0 Å². The first kappa shape index (κ1) is 18.9. The van der Waals surface area contributed by atoms with E-state index in [0.29, 0.717) is 31.7 Å². The van der Waals surface area contributed by atoms with Gasteiger partial charge in [-0.15, -0.1) is 0 Å². The Morgan fingerprint density at radius 3 is 2.44 bits per heavy atom. The molecule has 6 nitrogen and oxygen atoms in total. The molecule has 0 spiro atoms. The van der Waals surface area contributed by atoms with Crippen molar-refractivity contribution >= 4 is 17.2 Å². The molecule has 1 N–H and O–H groups in total. The number of hydrogen-bond donors (Lipinski definition) is 1. The van der Waals surface area contributed by atoms with Crippen molar-refractivity contribution in [3.63, 3.8) is 0 Å². The smallest absolute Gasteiger partial charge is 0.377 e. The number of pyridine rings is 1. The van der Waals surface area contributed by atoms with Gasteiger partial charge in [0, 0.05) is 37.5 Å². The molecule has 1 aliphatic rings. The third-order valence-corrected chi connectivity index (χ3v) is 4.41. The van der Waals surface area contributed by atoms with Gasteiger partial charge in [-0.3, -0.25) is 10.1 Å². The Morgan fingerprint density at radius 2 is 1.89 bits per heavy atom. The Bertz CT molecular complexity index is 819. The summed E-state index contributed by atoms with van der Waals surface area (Å²) in [6.07, 6.45) is -2.47. The molecule has 2 aromatic rings. The van der Waals surface area contributed by atoms with Crippen molar-refractivity contribution in [2.45, 2.75) is 25.1 Å². The van der Waals surface area contributed by atoms with E-state index in [1.54, 1.807) is 0 Å². The Balaban J connectivity index is 1.63. The number of nitrogens with zero attached hydrogens (tertiary/aromatic N) is 3. The fraction of sp³-hybridized carbons (Fsp3) is 0.353. The van der Waals surface area contributed by atoms with E-state index in [0.717, 1.165) is 30.5 Å². The lowest BCUT2D eigenvalue weighted by molar-refractivity contribution is -0.384. The van der Waals surface area contributed by atoms with Crippen LogP contribution in [0.15, 0.2) is 36.5 Å². The van der Waals surface area contributed by atoms with Crippen molar-refractivity contribution in [3.05, 3.63) is 58.0 Å². The zero-order chi connectivity index (χ0) is 19.6. The Hall–Kier alpha value is -2.91. The number of nitro groups is 1. The number of rotatable bonds is 4. The molecule has 144 valence electrons. The second kappa shape index (κ2) is 7.37. The van der Waals surface area contributed by atoms with Crippen LogP contribution < -0.4 is 10.2 Å². The number of anilines is 2. The van der Waals surface area contributed by atoms with Crippen molar-refractivity contribution in [3.8, 4) is 0 Å². The SMILES string of the molecule is O=[N+]([O-])c1ccc(F)cc1NC1CCN(c2ccc(C(F)(F)F)cn2)CC1. The molecule has 0 aliphatic carbocycles. The van der Waals surface area contributed by atoms with E-state index in [2.05, 4.69) is 10.3 Å². The maximum absolute atomic E-state index is 13.4. The summed E-state index contributed by atoms with van der Waals surface area (Å²) in [5, 5.41) is 14.1. The van der Waals surface area contributed by atoms with Crippen molar-refractivity contribution in [1.82, 2.24) is 4.98 Å². The topological polar surface area (TPSA) is 71.3 Å². The van der Waals surface area contributed by atoms with Crippen molar-refractivity contribution in [2.75, 3.05) is 23.3 Å². The number of benzene rings is 1. The molecule has 1 fully saturated rings. The average Bonchev–Trinajstić information content (AvgIpc) is 2.61. The maximum atomic E-state index is 13.4. The predicted molar refractivity (Wildman–Crippen MR) is 91.2 cm³/mol. The summed E-state index contributed by atoms with van der Waals surface area (Å²) in [5.41, 5.74) is -0.893. The molecule has 1 aliphatic heterocycles. The predicted octanol–water partition coefficient (Wildman–Crippen LogP) is 4.23. The second-order valence-corrected chi connectivity index (χ2v) is 6.23. The third-order valence-electron chi connectivity index (χ3n) is 4.41. The summed E-state index contributed by atoms with van der Waals surface area (Å²) >= 11 is 0. The van der Waals surface area contributed by atoms with Gasteiger partial charge in [-0.05, 0) is 31.0 Å². The van der Waals surface area contributed by atoms with E-state index in [4.69, 9.17) is 0 Å². The molecule has 1 aromatic heterocycles. The van der Waals surface area contributed by atoms with Gasteiger partial charge in [-0.1, -0.05) is 0 Å². The van der Waals surface area contributed by atoms with Gasteiger partial charge in [-0.25, -0.2) is 9.37 Å². The molecule has 0 amide bonds. The fourth-order valence-electron chi connectivity index (χ4n) is 3.00. The van der Waals surface area contributed by atoms with Crippen LogP contribution in [0.4, 0.5) is 34.8 Å². The van der Waals surface area contributed by atoms with E-state index in [1.807, 2.05) is 4.90 Å². The molecule has 27 heavy (non-hydrogen) atoms. The number of nitrogens with one attached hydrogen (secondary N) is 1. The molecule has 1 saturated heterocycles. The van der Waals surface area contributed by atoms with Gasteiger partial charge < -0.3 is 10.2 Å². The number of piperidine rings is 1. The van der Waals surface area contributed by atoms with Crippen LogP contribution in [0, 0.1) is 15.9 Å². The van der Waals surface area contributed by atoms with Crippen LogP contribution in [0.25, 0.3) is 0 Å². The van der Waals surface area contributed by atoms with Gasteiger partial charge in [0.25, 0.3) is 5.69 Å². The molecule has 2 heterocycles. The Morgan fingerprint density at radius 1 is 1.19 bits per heavy atom. The summed E-state index contributed by atoms with van der Waals surface area (Å²) in [7, 11) is 0. The van der Waals surface area contributed by atoms with Gasteiger partial charge in [-0.2, -0.15) is 13.2 Å². The highest BCUT2D eigenvalue weighted by molar-refractivity contribution is 5.62. The van der Waals surface area contributed by atoms with Crippen LogP contribution in [-0.4, -0.2) is 29.0 Å². The van der Waals surface area contributed by atoms with Crippen LogP contribution in [0.5, 0.6) is 0 Å². The molecule has 0 bridgehead atoms. The number of aromatic nitrogens is 1. The minimum Gasteiger partial charge on any atom is -0.377 e. The van der Waals surface area contributed by atoms with E-state index >= 15 is 0 Å². The lowest BCUT2D eigenvalue weighted by Gasteiger charge is -2.33. The first-order valence-electron chi connectivity index (χ1n) is 8.23. The average molecular weight is 384 g/mol. The molecular formula is C17H16F4N4O2. The fourth-order valence-corrected chi connectivity index (χ4v) is 3.00. The minimum atomic E-state index is -4.43. The molecule has 0 saturated carbocycles. The first-order valence-corrected chi connectivity index (χ1v) is 8.23. The van der Waals surface area contributed by atoms with Crippen LogP contribution in [-0.2, 0) is 6.18 Å². The first-order chi connectivity index (χ1) is 12.7. The quantitative estimate of drug-likeness (QED) is 0.485. The normalized spacial score (nSPS) is 15.6. The molecule has 3 rings (SSSR count). The van der Waals surface area contributed by atoms with E-state index in [1.165, 1.54) is 6.07 Å². The maximum Gasteiger partial charge on any atom is 0.417 e. The molecular weight excluding hydrogens is 368 g/mol. The third kappa shape index (κ3) is 4.44. The van der Waals surface area contributed by atoms with Crippen molar-refractivity contribution < 1.29 is 22.5 Å². The molecule has 0 atom stereocenters. The second-order valence-electron chi connectivity index (χ2n) is 6.23. The summed E-state index contributed by atoms with van der Waals surface area (Å²) in [6, 6.07) is 5.43. The zero-order valence-electron chi connectivity index (χ0n) is 14.0. The lowest BCUT2D eigenvalue weighted by atomic mass is 10.0. The standard InChI is InChI=1S/C17H16F4N4O2/c18-12-2-3-15(25(26)27)14(9-12)23-13-5-7-24(8-6-13)16-4-1-11(10-22-16)17(19,20)21/h1-4,9-10,13,23H,5-8H2. The van der Waals surface area contributed by atoms with E-state index in [-0.39, 0.29) is 17.4 Å². The monoisotopic (exact) mass is 384 g/mol. The van der Waals surface area contributed by atoms with E-state index in [9.17, 15) is 27.7 Å². The minimum absolute atomic E-state index is 0.115. The molecule has 10 heteroatoms. The van der Waals surface area contributed by atoms with Crippen LogP contribution in [0.3, 0.4) is 0 Å². The van der Waals surface area contributed by atoms with E-state index < -0.39 is 22.5 Å². The summed E-state index contributed by atoms with van der Waals surface area (Å²) in [4.78, 5) is 16.2. The van der Waals surface area contributed by atoms with Crippen LogP contribution in [0.1, 0.15) is 18.4 Å².